The smallest absolute Gasteiger partial charge is 0.243 e. The number of ether oxygens (including phenoxy) is 1. The van der Waals surface area contributed by atoms with Gasteiger partial charge < -0.3 is 4.74 Å². The molecule has 1 aliphatic heterocycles. The molecule has 1 fully saturated rings. The summed E-state index contributed by atoms with van der Waals surface area (Å²) in [5, 5.41) is 0. The van der Waals surface area contributed by atoms with Crippen molar-refractivity contribution >= 4 is 10.0 Å². The van der Waals surface area contributed by atoms with Gasteiger partial charge in [0.15, 0.2) is 0 Å². The minimum atomic E-state index is -3.43. The van der Waals surface area contributed by atoms with Crippen LogP contribution >= 0.6 is 0 Å². The van der Waals surface area contributed by atoms with Crippen molar-refractivity contribution < 1.29 is 13.2 Å². The van der Waals surface area contributed by atoms with Crippen LogP contribution in [0.5, 0.6) is 5.75 Å². The minimum Gasteiger partial charge on any atom is -0.497 e. The Balaban J connectivity index is 1.59. The molecule has 0 N–H and O–H groups in total. The third-order valence-electron chi connectivity index (χ3n) is 5.60. The van der Waals surface area contributed by atoms with Crippen molar-refractivity contribution in [1.29, 1.82) is 0 Å². The van der Waals surface area contributed by atoms with E-state index in [-0.39, 0.29) is 0 Å². The first-order chi connectivity index (χ1) is 13.4. The Kier molecular flexibility index (Phi) is 6.75. The Hall–Kier alpha value is -1.89. The first-order valence-corrected chi connectivity index (χ1v) is 11.3. The van der Waals surface area contributed by atoms with Crippen molar-refractivity contribution in [2.45, 2.75) is 37.6 Å². The zero-order chi connectivity index (χ0) is 20.1. The first kappa shape index (κ1) is 20.8. The van der Waals surface area contributed by atoms with Gasteiger partial charge in [0.1, 0.15) is 5.75 Å². The topological polar surface area (TPSA) is 49.9 Å². The van der Waals surface area contributed by atoms with Crippen LogP contribution in [0.3, 0.4) is 0 Å². The second kappa shape index (κ2) is 9.07. The number of nitrogens with zero attached hydrogens (tertiary/aromatic N) is 2. The summed E-state index contributed by atoms with van der Waals surface area (Å²) in [6.07, 6.45) is 1.04. The van der Waals surface area contributed by atoms with Gasteiger partial charge in [0, 0.05) is 32.7 Å². The summed E-state index contributed by atoms with van der Waals surface area (Å²) >= 11 is 0. The quantitative estimate of drug-likeness (QED) is 0.708. The summed E-state index contributed by atoms with van der Waals surface area (Å²) in [4.78, 5) is 2.68. The molecule has 1 atom stereocenters. The number of hydrogen-bond acceptors (Lipinski definition) is 4. The van der Waals surface area contributed by atoms with Crippen LogP contribution in [0.15, 0.2) is 53.4 Å². The molecule has 5 nitrogen and oxygen atoms in total. The SMILES string of the molecule is CC[C@H](C)c1ccc(S(=O)(=O)N2CCN(Cc3ccc(OC)cc3)CC2)cc1. The van der Waals surface area contributed by atoms with Crippen molar-refractivity contribution in [2.75, 3.05) is 33.3 Å². The highest BCUT2D eigenvalue weighted by Crippen LogP contribution is 2.23. The maximum absolute atomic E-state index is 13.0. The molecule has 1 saturated heterocycles. The van der Waals surface area contributed by atoms with E-state index in [1.54, 1.807) is 23.5 Å². The van der Waals surface area contributed by atoms with Gasteiger partial charge in [-0.3, -0.25) is 4.90 Å². The van der Waals surface area contributed by atoms with Crippen LogP contribution in [0.2, 0.25) is 0 Å². The van der Waals surface area contributed by atoms with Crippen molar-refractivity contribution in [1.82, 2.24) is 9.21 Å². The average molecular weight is 403 g/mol. The van der Waals surface area contributed by atoms with Gasteiger partial charge in [-0.2, -0.15) is 4.31 Å². The maximum Gasteiger partial charge on any atom is 0.243 e. The van der Waals surface area contributed by atoms with Crippen LogP contribution in [0.4, 0.5) is 0 Å². The molecule has 2 aromatic rings. The van der Waals surface area contributed by atoms with E-state index in [2.05, 4.69) is 30.9 Å². The summed E-state index contributed by atoms with van der Waals surface area (Å²) in [5.74, 6) is 1.29. The molecule has 2 aromatic carbocycles. The maximum atomic E-state index is 13.0. The van der Waals surface area contributed by atoms with Gasteiger partial charge in [-0.15, -0.1) is 0 Å². The minimum absolute atomic E-state index is 0.392. The number of methoxy groups -OCH3 is 1. The molecule has 0 radical (unpaired) electrons. The molecule has 0 aromatic heterocycles. The summed E-state index contributed by atoms with van der Waals surface area (Å²) in [6, 6.07) is 15.4. The molecule has 3 rings (SSSR count). The van der Waals surface area contributed by atoms with E-state index in [0.717, 1.165) is 31.8 Å². The Morgan fingerprint density at radius 1 is 0.964 bits per heavy atom. The van der Waals surface area contributed by atoms with E-state index in [1.165, 1.54) is 11.1 Å². The van der Waals surface area contributed by atoms with Crippen molar-refractivity contribution in [3.63, 3.8) is 0 Å². The molecular formula is C22H30N2O3S. The van der Waals surface area contributed by atoms with Crippen molar-refractivity contribution in [2.24, 2.45) is 0 Å². The molecule has 0 aliphatic carbocycles. The molecule has 0 saturated carbocycles. The molecule has 6 heteroatoms. The van der Waals surface area contributed by atoms with Gasteiger partial charge in [-0.05, 0) is 47.7 Å². The van der Waals surface area contributed by atoms with Gasteiger partial charge in [-0.25, -0.2) is 8.42 Å². The van der Waals surface area contributed by atoms with Crippen LogP contribution in [0.25, 0.3) is 0 Å². The Bertz CT molecular complexity index is 856. The second-order valence-electron chi connectivity index (χ2n) is 7.41. The summed E-state index contributed by atoms with van der Waals surface area (Å²) in [7, 11) is -1.77. The lowest BCUT2D eigenvalue weighted by Crippen LogP contribution is -2.48. The van der Waals surface area contributed by atoms with Gasteiger partial charge in [0.05, 0.1) is 12.0 Å². The fraction of sp³-hybridized carbons (Fsp3) is 0.455. The van der Waals surface area contributed by atoms with Crippen LogP contribution in [-0.2, 0) is 16.6 Å². The van der Waals surface area contributed by atoms with E-state index >= 15 is 0 Å². The lowest BCUT2D eigenvalue weighted by molar-refractivity contribution is 0.181. The number of rotatable bonds is 7. The second-order valence-corrected chi connectivity index (χ2v) is 9.34. The van der Waals surface area contributed by atoms with E-state index in [9.17, 15) is 8.42 Å². The Labute approximate surface area is 169 Å². The fourth-order valence-electron chi connectivity index (χ4n) is 3.47. The number of sulfonamides is 1. The van der Waals surface area contributed by atoms with Crippen molar-refractivity contribution in [3.8, 4) is 5.75 Å². The fourth-order valence-corrected chi connectivity index (χ4v) is 4.89. The normalized spacial score (nSPS) is 17.4. The predicted molar refractivity (Wildman–Crippen MR) is 112 cm³/mol. The van der Waals surface area contributed by atoms with Crippen LogP contribution in [0, 0.1) is 0 Å². The number of hydrogen-bond donors (Lipinski definition) is 0. The molecule has 0 bridgehead atoms. The lowest BCUT2D eigenvalue weighted by atomic mass is 9.99. The van der Waals surface area contributed by atoms with Crippen LogP contribution in [-0.4, -0.2) is 50.9 Å². The highest BCUT2D eigenvalue weighted by atomic mass is 32.2. The number of piperazine rings is 1. The Morgan fingerprint density at radius 2 is 1.57 bits per heavy atom. The standard InChI is InChI=1S/C22H30N2O3S/c1-4-18(2)20-7-11-22(12-8-20)28(25,26)24-15-13-23(14-16-24)17-19-5-9-21(27-3)10-6-19/h5-12,18H,4,13-17H2,1-3H3/t18-/m0/s1. The van der Waals surface area contributed by atoms with E-state index in [4.69, 9.17) is 4.74 Å². The monoisotopic (exact) mass is 402 g/mol. The average Bonchev–Trinajstić information content (AvgIpc) is 2.74. The Morgan fingerprint density at radius 3 is 2.11 bits per heavy atom. The van der Waals surface area contributed by atoms with Gasteiger partial charge in [0.25, 0.3) is 0 Å². The van der Waals surface area contributed by atoms with E-state index in [0.29, 0.717) is 23.9 Å². The number of benzene rings is 2. The molecule has 0 amide bonds. The summed E-state index contributed by atoms with van der Waals surface area (Å²) in [5.41, 5.74) is 2.39. The highest BCUT2D eigenvalue weighted by Gasteiger charge is 2.28. The third kappa shape index (κ3) is 4.74. The lowest BCUT2D eigenvalue weighted by Gasteiger charge is -2.34. The van der Waals surface area contributed by atoms with Crippen LogP contribution in [0.1, 0.15) is 37.3 Å². The molecule has 0 spiro atoms. The first-order valence-electron chi connectivity index (χ1n) is 9.89. The van der Waals surface area contributed by atoms with Gasteiger partial charge >= 0.3 is 0 Å². The zero-order valence-electron chi connectivity index (χ0n) is 17.0. The predicted octanol–water partition coefficient (Wildman–Crippen LogP) is 3.72. The molecular weight excluding hydrogens is 372 g/mol. The van der Waals surface area contributed by atoms with Gasteiger partial charge in [0.2, 0.25) is 10.0 Å². The summed E-state index contributed by atoms with van der Waals surface area (Å²) in [6.45, 7) is 7.62. The van der Waals surface area contributed by atoms with Crippen LogP contribution < -0.4 is 4.74 Å². The van der Waals surface area contributed by atoms with E-state index < -0.39 is 10.0 Å². The highest BCUT2D eigenvalue weighted by molar-refractivity contribution is 7.89. The van der Waals surface area contributed by atoms with Gasteiger partial charge in [-0.1, -0.05) is 38.1 Å². The molecule has 152 valence electrons. The molecule has 28 heavy (non-hydrogen) atoms. The largest absolute Gasteiger partial charge is 0.497 e. The summed E-state index contributed by atoms with van der Waals surface area (Å²) < 4.78 is 32.7. The van der Waals surface area contributed by atoms with E-state index in [1.807, 2.05) is 24.3 Å². The molecule has 0 unspecified atom stereocenters. The third-order valence-corrected chi connectivity index (χ3v) is 7.51. The zero-order valence-corrected chi connectivity index (χ0v) is 17.8. The molecule has 1 heterocycles. The molecule has 1 aliphatic rings. The van der Waals surface area contributed by atoms with Crippen molar-refractivity contribution in [3.05, 3.63) is 59.7 Å².